The topological polar surface area (TPSA) is 98.7 Å². The highest BCUT2D eigenvalue weighted by Crippen LogP contribution is 2.23. The summed E-state index contributed by atoms with van der Waals surface area (Å²) in [6.45, 7) is 2.71. The van der Waals surface area contributed by atoms with Crippen LogP contribution in [0.15, 0.2) is 24.3 Å². The highest BCUT2D eigenvalue weighted by atomic mass is 16.4. The Kier molecular flexibility index (Phi) is 5.98. The molecular weight excluding hydrogens is 346 g/mol. The molecule has 2 fully saturated rings. The third-order valence-corrected chi connectivity index (χ3v) is 5.38. The van der Waals surface area contributed by atoms with Crippen molar-refractivity contribution in [3.63, 3.8) is 0 Å². The van der Waals surface area contributed by atoms with Crippen molar-refractivity contribution in [3.05, 3.63) is 29.8 Å². The summed E-state index contributed by atoms with van der Waals surface area (Å²) in [4.78, 5) is 37.5. The lowest BCUT2D eigenvalue weighted by Gasteiger charge is -2.34. The molecule has 3 amide bonds. The van der Waals surface area contributed by atoms with Gasteiger partial charge in [-0.2, -0.15) is 0 Å². The van der Waals surface area contributed by atoms with Crippen LogP contribution in [-0.2, 0) is 4.79 Å². The molecule has 2 aliphatic rings. The summed E-state index contributed by atoms with van der Waals surface area (Å²) < 4.78 is 0. The SMILES string of the molecule is CC1CC(C(=O)O)CN(C(=O)Nc2ccc(C(=O)NC3CCCC3)cc2)C1. The minimum absolute atomic E-state index is 0.0890. The summed E-state index contributed by atoms with van der Waals surface area (Å²) in [6.07, 6.45) is 4.97. The number of urea groups is 1. The van der Waals surface area contributed by atoms with Crippen molar-refractivity contribution in [1.82, 2.24) is 10.2 Å². The molecule has 7 nitrogen and oxygen atoms in total. The van der Waals surface area contributed by atoms with E-state index in [2.05, 4.69) is 10.6 Å². The number of likely N-dealkylation sites (tertiary alicyclic amines) is 1. The van der Waals surface area contributed by atoms with Crippen molar-refractivity contribution in [2.24, 2.45) is 11.8 Å². The highest BCUT2D eigenvalue weighted by Gasteiger charge is 2.31. The van der Waals surface area contributed by atoms with Crippen LogP contribution in [0.25, 0.3) is 0 Å². The van der Waals surface area contributed by atoms with Gasteiger partial charge < -0.3 is 20.6 Å². The zero-order valence-corrected chi connectivity index (χ0v) is 15.6. The van der Waals surface area contributed by atoms with E-state index in [-0.39, 0.29) is 30.4 Å². The van der Waals surface area contributed by atoms with Crippen molar-refractivity contribution in [2.45, 2.75) is 45.1 Å². The number of nitrogens with zero attached hydrogens (tertiary/aromatic N) is 1. The van der Waals surface area contributed by atoms with Gasteiger partial charge in [-0.3, -0.25) is 9.59 Å². The Morgan fingerprint density at radius 2 is 1.74 bits per heavy atom. The number of nitrogens with one attached hydrogen (secondary N) is 2. The largest absolute Gasteiger partial charge is 0.481 e. The molecular formula is C20H27N3O4. The molecule has 27 heavy (non-hydrogen) atoms. The summed E-state index contributed by atoms with van der Waals surface area (Å²) in [5.74, 6) is -1.33. The Bertz CT molecular complexity index is 698. The van der Waals surface area contributed by atoms with Gasteiger partial charge in [-0.1, -0.05) is 19.8 Å². The number of piperidine rings is 1. The van der Waals surface area contributed by atoms with E-state index in [1.165, 1.54) is 0 Å². The van der Waals surface area contributed by atoms with Gasteiger partial charge in [0, 0.05) is 30.4 Å². The average Bonchev–Trinajstić information content (AvgIpc) is 3.14. The smallest absolute Gasteiger partial charge is 0.321 e. The number of rotatable bonds is 4. The predicted molar refractivity (Wildman–Crippen MR) is 102 cm³/mol. The minimum Gasteiger partial charge on any atom is -0.481 e. The van der Waals surface area contributed by atoms with Crippen LogP contribution in [0.3, 0.4) is 0 Å². The number of hydrogen-bond donors (Lipinski definition) is 3. The van der Waals surface area contributed by atoms with Crippen molar-refractivity contribution in [3.8, 4) is 0 Å². The first-order valence-electron chi connectivity index (χ1n) is 9.62. The van der Waals surface area contributed by atoms with E-state index in [0.29, 0.717) is 24.2 Å². The van der Waals surface area contributed by atoms with E-state index < -0.39 is 11.9 Å². The molecule has 2 unspecified atom stereocenters. The third kappa shape index (κ3) is 4.99. The fraction of sp³-hybridized carbons (Fsp3) is 0.550. The number of anilines is 1. The standard InChI is InChI=1S/C20H27N3O4/c1-13-10-15(19(25)26)12-23(11-13)20(27)22-17-8-6-14(7-9-17)18(24)21-16-4-2-3-5-16/h6-9,13,15-16H,2-5,10-12H2,1H3,(H,21,24)(H,22,27)(H,25,26). The lowest BCUT2D eigenvalue weighted by atomic mass is 9.91. The van der Waals surface area contributed by atoms with Gasteiger partial charge in [0.1, 0.15) is 0 Å². The second-order valence-corrected chi connectivity index (χ2v) is 7.74. The fourth-order valence-corrected chi connectivity index (χ4v) is 3.94. The maximum Gasteiger partial charge on any atom is 0.321 e. The van der Waals surface area contributed by atoms with Crippen LogP contribution in [0, 0.1) is 11.8 Å². The maximum absolute atomic E-state index is 12.5. The number of carbonyl (C=O) groups excluding carboxylic acids is 2. The van der Waals surface area contributed by atoms with E-state index in [1.54, 1.807) is 29.2 Å². The zero-order valence-electron chi connectivity index (χ0n) is 15.6. The number of hydrogen-bond acceptors (Lipinski definition) is 3. The molecule has 0 spiro atoms. The second kappa shape index (κ2) is 8.41. The Morgan fingerprint density at radius 1 is 1.07 bits per heavy atom. The van der Waals surface area contributed by atoms with Crippen LogP contribution in [-0.4, -0.2) is 47.0 Å². The van der Waals surface area contributed by atoms with E-state index in [0.717, 1.165) is 25.7 Å². The molecule has 1 saturated heterocycles. The summed E-state index contributed by atoms with van der Waals surface area (Å²) in [5.41, 5.74) is 1.15. The molecule has 3 N–H and O–H groups in total. The molecule has 1 aromatic carbocycles. The number of carboxylic acids is 1. The molecule has 1 saturated carbocycles. The molecule has 1 aromatic rings. The first kappa shape index (κ1) is 19.2. The molecule has 3 rings (SSSR count). The van der Waals surface area contributed by atoms with Crippen LogP contribution in [0.5, 0.6) is 0 Å². The lowest BCUT2D eigenvalue weighted by molar-refractivity contribution is -0.143. The Balaban J connectivity index is 1.56. The third-order valence-electron chi connectivity index (χ3n) is 5.38. The number of carbonyl (C=O) groups is 3. The molecule has 1 aliphatic heterocycles. The first-order chi connectivity index (χ1) is 12.9. The van der Waals surface area contributed by atoms with Crippen LogP contribution in [0.2, 0.25) is 0 Å². The quantitative estimate of drug-likeness (QED) is 0.756. The van der Waals surface area contributed by atoms with Gasteiger partial charge >= 0.3 is 12.0 Å². The summed E-state index contributed by atoms with van der Waals surface area (Å²) in [6, 6.07) is 6.74. The molecule has 0 radical (unpaired) electrons. The molecule has 146 valence electrons. The molecule has 1 heterocycles. The van der Waals surface area contributed by atoms with Crippen molar-refractivity contribution < 1.29 is 19.5 Å². The molecule has 2 atom stereocenters. The molecule has 0 aromatic heterocycles. The van der Waals surface area contributed by atoms with Gasteiger partial charge in [0.2, 0.25) is 0 Å². The van der Waals surface area contributed by atoms with Crippen LogP contribution < -0.4 is 10.6 Å². The minimum atomic E-state index is -0.864. The van der Waals surface area contributed by atoms with Gasteiger partial charge in [0.05, 0.1) is 5.92 Å². The predicted octanol–water partition coefficient (Wildman–Crippen LogP) is 2.93. The highest BCUT2D eigenvalue weighted by molar-refractivity contribution is 5.95. The van der Waals surface area contributed by atoms with Crippen molar-refractivity contribution >= 4 is 23.6 Å². The molecule has 1 aliphatic carbocycles. The van der Waals surface area contributed by atoms with Gasteiger partial charge in [0.15, 0.2) is 0 Å². The van der Waals surface area contributed by atoms with E-state index in [1.807, 2.05) is 6.92 Å². The van der Waals surface area contributed by atoms with Gasteiger partial charge in [-0.25, -0.2) is 4.79 Å². The van der Waals surface area contributed by atoms with Crippen LogP contribution >= 0.6 is 0 Å². The van der Waals surface area contributed by atoms with Gasteiger partial charge in [0.25, 0.3) is 5.91 Å². The van der Waals surface area contributed by atoms with Crippen LogP contribution in [0.1, 0.15) is 49.4 Å². The maximum atomic E-state index is 12.5. The zero-order chi connectivity index (χ0) is 19.4. The number of amides is 3. The van der Waals surface area contributed by atoms with E-state index in [9.17, 15) is 19.5 Å². The van der Waals surface area contributed by atoms with E-state index >= 15 is 0 Å². The summed E-state index contributed by atoms with van der Waals surface area (Å²) >= 11 is 0. The lowest BCUT2D eigenvalue weighted by Crippen LogP contribution is -2.47. The Morgan fingerprint density at radius 3 is 2.37 bits per heavy atom. The Hall–Kier alpha value is -2.57. The Labute approximate surface area is 159 Å². The summed E-state index contributed by atoms with van der Waals surface area (Å²) in [7, 11) is 0. The van der Waals surface area contributed by atoms with Crippen LogP contribution in [0.4, 0.5) is 10.5 Å². The molecule has 0 bridgehead atoms. The number of aliphatic carboxylic acids is 1. The van der Waals surface area contributed by atoms with Gasteiger partial charge in [-0.05, 0) is 49.4 Å². The summed E-state index contributed by atoms with van der Waals surface area (Å²) in [5, 5.41) is 15.1. The van der Waals surface area contributed by atoms with Crippen molar-refractivity contribution in [1.29, 1.82) is 0 Å². The van der Waals surface area contributed by atoms with Gasteiger partial charge in [-0.15, -0.1) is 0 Å². The number of benzene rings is 1. The fourth-order valence-electron chi connectivity index (χ4n) is 3.94. The molecule has 7 heteroatoms. The number of carboxylic acid groups (broad SMARTS) is 1. The van der Waals surface area contributed by atoms with E-state index in [4.69, 9.17) is 0 Å². The monoisotopic (exact) mass is 373 g/mol. The average molecular weight is 373 g/mol. The first-order valence-corrected chi connectivity index (χ1v) is 9.62. The second-order valence-electron chi connectivity index (χ2n) is 7.74. The normalized spacial score (nSPS) is 23.1. The van der Waals surface area contributed by atoms with Crippen molar-refractivity contribution in [2.75, 3.05) is 18.4 Å².